The fraction of sp³-hybridized carbons (Fsp3) is 0. The summed E-state index contributed by atoms with van der Waals surface area (Å²) in [5, 5.41) is 4.05. The predicted molar refractivity (Wildman–Crippen MR) is 202 cm³/mol. The van der Waals surface area contributed by atoms with Crippen molar-refractivity contribution in [1.82, 2.24) is 15.0 Å². The molecule has 0 bridgehead atoms. The van der Waals surface area contributed by atoms with Gasteiger partial charge >= 0.3 is 0 Å². The van der Waals surface area contributed by atoms with E-state index in [1.54, 1.807) is 0 Å². The quantitative estimate of drug-likeness (QED) is 0.187. The molecule has 0 fully saturated rings. The van der Waals surface area contributed by atoms with Crippen molar-refractivity contribution in [2.45, 2.75) is 0 Å². The number of para-hydroxylation sites is 2. The monoisotopic (exact) mass is 641 g/mol. The van der Waals surface area contributed by atoms with Gasteiger partial charge in [-0.25, -0.2) is 15.0 Å². The number of nitrogens with zero attached hydrogens (tertiary/aromatic N) is 3. The van der Waals surface area contributed by atoms with Gasteiger partial charge in [-0.05, 0) is 64.7 Å². The molecule has 234 valence electrons. The molecule has 0 aliphatic carbocycles. The second-order valence-corrected chi connectivity index (χ2v) is 12.4. The molecule has 0 saturated carbocycles. The minimum atomic E-state index is 0.574. The summed E-state index contributed by atoms with van der Waals surface area (Å²) in [7, 11) is 0. The Hall–Kier alpha value is -6.85. The van der Waals surface area contributed by atoms with E-state index in [0.29, 0.717) is 17.5 Å². The van der Waals surface area contributed by atoms with Crippen molar-refractivity contribution < 1.29 is 8.83 Å². The van der Waals surface area contributed by atoms with E-state index in [0.717, 1.165) is 77.3 Å². The van der Waals surface area contributed by atoms with E-state index in [4.69, 9.17) is 23.8 Å². The van der Waals surface area contributed by atoms with E-state index in [1.807, 2.05) is 84.9 Å². The van der Waals surface area contributed by atoms with Crippen LogP contribution < -0.4 is 0 Å². The molecule has 0 radical (unpaired) electrons. The van der Waals surface area contributed by atoms with Crippen LogP contribution in [-0.4, -0.2) is 15.0 Å². The first kappa shape index (κ1) is 28.2. The van der Waals surface area contributed by atoms with Crippen LogP contribution in [0.4, 0.5) is 0 Å². The van der Waals surface area contributed by atoms with Gasteiger partial charge in [-0.2, -0.15) is 0 Å². The molecule has 0 unspecified atom stereocenters. The summed E-state index contributed by atoms with van der Waals surface area (Å²) in [4.78, 5) is 15.5. The van der Waals surface area contributed by atoms with Gasteiger partial charge in [-0.15, -0.1) is 0 Å². The van der Waals surface area contributed by atoms with Crippen LogP contribution in [0.5, 0.6) is 0 Å². The van der Waals surface area contributed by atoms with Crippen LogP contribution in [0.15, 0.2) is 173 Å². The Labute approximate surface area is 287 Å². The number of hydrogen-bond acceptors (Lipinski definition) is 5. The van der Waals surface area contributed by atoms with Gasteiger partial charge in [0.05, 0.1) is 0 Å². The summed E-state index contributed by atoms with van der Waals surface area (Å²) in [5.74, 6) is 1.75. The number of rotatable bonds is 5. The Balaban J connectivity index is 1.24. The van der Waals surface area contributed by atoms with Crippen molar-refractivity contribution in [1.29, 1.82) is 0 Å². The number of fused-ring (bicyclic) bond motifs is 6. The zero-order valence-corrected chi connectivity index (χ0v) is 26.7. The number of hydrogen-bond donors (Lipinski definition) is 0. The Bertz CT molecular complexity index is 2850. The second kappa shape index (κ2) is 11.4. The van der Waals surface area contributed by atoms with Crippen molar-refractivity contribution in [2.75, 3.05) is 0 Å². The van der Waals surface area contributed by atoms with Crippen molar-refractivity contribution in [3.63, 3.8) is 0 Å². The van der Waals surface area contributed by atoms with Crippen LogP contribution in [0.25, 0.3) is 100 Å². The molecule has 7 aromatic carbocycles. The lowest BCUT2D eigenvalue weighted by Crippen LogP contribution is -2.01. The molecule has 0 atom stereocenters. The third-order valence-corrected chi connectivity index (χ3v) is 9.37. The molecule has 0 N–H and O–H groups in total. The first-order valence-corrected chi connectivity index (χ1v) is 16.6. The van der Waals surface area contributed by atoms with Gasteiger partial charge in [0.15, 0.2) is 17.5 Å². The van der Waals surface area contributed by atoms with Gasteiger partial charge in [0.1, 0.15) is 22.3 Å². The largest absolute Gasteiger partial charge is 0.456 e. The van der Waals surface area contributed by atoms with Crippen LogP contribution in [0.1, 0.15) is 0 Å². The molecule has 0 amide bonds. The van der Waals surface area contributed by atoms with Crippen LogP contribution in [-0.2, 0) is 0 Å². The maximum atomic E-state index is 6.41. The lowest BCUT2D eigenvalue weighted by Gasteiger charge is -2.14. The fourth-order valence-corrected chi connectivity index (χ4v) is 6.96. The summed E-state index contributed by atoms with van der Waals surface area (Å²) < 4.78 is 12.6. The zero-order valence-electron chi connectivity index (χ0n) is 26.7. The highest BCUT2D eigenvalue weighted by Gasteiger charge is 2.22. The van der Waals surface area contributed by atoms with E-state index in [-0.39, 0.29) is 0 Å². The Morgan fingerprint density at radius 3 is 1.58 bits per heavy atom. The second-order valence-electron chi connectivity index (χ2n) is 12.4. The van der Waals surface area contributed by atoms with Gasteiger partial charge in [0.2, 0.25) is 0 Å². The van der Waals surface area contributed by atoms with Crippen molar-refractivity contribution in [2.24, 2.45) is 0 Å². The topological polar surface area (TPSA) is 65.0 Å². The highest BCUT2D eigenvalue weighted by molar-refractivity contribution is 6.15. The minimum Gasteiger partial charge on any atom is -0.456 e. The van der Waals surface area contributed by atoms with Crippen LogP contribution in [0.3, 0.4) is 0 Å². The molecule has 0 aliphatic rings. The van der Waals surface area contributed by atoms with Gasteiger partial charge < -0.3 is 8.83 Å². The molecule has 0 saturated heterocycles. The predicted octanol–water partition coefficient (Wildman–Crippen LogP) is 12.0. The molecule has 50 heavy (non-hydrogen) atoms. The minimum absolute atomic E-state index is 0.574. The highest BCUT2D eigenvalue weighted by Crippen LogP contribution is 2.43. The standard InChI is InChI=1S/C45H27N3O2/c1-3-11-28(12-4-1)29-19-21-30(22-20-29)33-24-26-40-41(35-16-8-10-18-38(35)50-40)42(33)45-47-43(31-13-5-2-6-14-31)46-44(48-45)32-23-25-39-36(27-32)34-15-7-9-17-37(34)49-39/h1-27H. The van der Waals surface area contributed by atoms with Gasteiger partial charge in [0.25, 0.3) is 0 Å². The molecular weight excluding hydrogens is 615 g/mol. The molecule has 3 aromatic heterocycles. The van der Waals surface area contributed by atoms with Gasteiger partial charge in [0, 0.05) is 38.2 Å². The van der Waals surface area contributed by atoms with Crippen LogP contribution >= 0.6 is 0 Å². The van der Waals surface area contributed by atoms with Crippen LogP contribution in [0, 0.1) is 0 Å². The number of benzene rings is 7. The summed E-state index contributed by atoms with van der Waals surface area (Å²) in [6.45, 7) is 0. The molecule has 3 heterocycles. The summed E-state index contributed by atoms with van der Waals surface area (Å²) in [6.07, 6.45) is 0. The third kappa shape index (κ3) is 4.67. The van der Waals surface area contributed by atoms with Gasteiger partial charge in [-0.3, -0.25) is 0 Å². The zero-order chi connectivity index (χ0) is 33.0. The van der Waals surface area contributed by atoms with E-state index in [9.17, 15) is 0 Å². The SMILES string of the molecule is c1ccc(-c2ccc(-c3ccc4oc5ccccc5c4c3-c3nc(-c4ccccc4)nc(-c4ccc5oc6ccccc6c5c4)n3)cc2)cc1. The van der Waals surface area contributed by atoms with Crippen LogP contribution in [0.2, 0.25) is 0 Å². The lowest BCUT2D eigenvalue weighted by molar-refractivity contribution is 0.668. The molecule has 10 rings (SSSR count). The molecule has 0 aliphatic heterocycles. The molecular formula is C45H27N3O2. The number of aromatic nitrogens is 3. The third-order valence-electron chi connectivity index (χ3n) is 9.37. The van der Waals surface area contributed by atoms with Crippen molar-refractivity contribution >= 4 is 43.9 Å². The fourth-order valence-electron chi connectivity index (χ4n) is 6.96. The lowest BCUT2D eigenvalue weighted by atomic mass is 9.93. The molecule has 10 aromatic rings. The van der Waals surface area contributed by atoms with E-state index in [1.165, 1.54) is 5.56 Å². The van der Waals surface area contributed by atoms with Crippen molar-refractivity contribution in [3.8, 4) is 56.4 Å². The first-order chi connectivity index (χ1) is 24.8. The Morgan fingerprint density at radius 2 is 0.820 bits per heavy atom. The Kier molecular flexibility index (Phi) is 6.42. The van der Waals surface area contributed by atoms with E-state index < -0.39 is 0 Å². The van der Waals surface area contributed by atoms with E-state index >= 15 is 0 Å². The van der Waals surface area contributed by atoms with Gasteiger partial charge in [-0.1, -0.05) is 121 Å². The maximum Gasteiger partial charge on any atom is 0.165 e. The normalized spacial score (nSPS) is 11.6. The molecule has 5 nitrogen and oxygen atoms in total. The summed E-state index contributed by atoms with van der Waals surface area (Å²) in [6, 6.07) is 55.8. The molecule has 0 spiro atoms. The smallest absolute Gasteiger partial charge is 0.165 e. The average Bonchev–Trinajstić information content (AvgIpc) is 3.76. The maximum absolute atomic E-state index is 6.41. The van der Waals surface area contributed by atoms with E-state index in [2.05, 4.69) is 78.9 Å². The Morgan fingerprint density at radius 1 is 0.320 bits per heavy atom. The molecule has 5 heteroatoms. The van der Waals surface area contributed by atoms with Crippen molar-refractivity contribution in [3.05, 3.63) is 164 Å². The summed E-state index contributed by atoms with van der Waals surface area (Å²) >= 11 is 0. The first-order valence-electron chi connectivity index (χ1n) is 16.6. The summed E-state index contributed by atoms with van der Waals surface area (Å²) in [5.41, 5.74) is 10.3. The average molecular weight is 642 g/mol. The highest BCUT2D eigenvalue weighted by atomic mass is 16.3. The number of furan rings is 2.